The fraction of sp³-hybridized carbons (Fsp3) is 0.143. The van der Waals surface area contributed by atoms with E-state index in [4.69, 9.17) is 0 Å². The van der Waals surface area contributed by atoms with Crippen molar-refractivity contribution in [2.45, 2.75) is 6.92 Å². The first-order valence-electron chi connectivity index (χ1n) is 5.80. The molecule has 0 atom stereocenters. The second-order valence-electron chi connectivity index (χ2n) is 3.85. The minimum absolute atomic E-state index is 0.682. The molecule has 4 nitrogen and oxygen atoms in total. The molecule has 0 aliphatic heterocycles. The number of anilines is 3. The van der Waals surface area contributed by atoms with Gasteiger partial charge in [0.15, 0.2) is 0 Å². The lowest BCUT2D eigenvalue weighted by Crippen LogP contribution is -2.04. The third-order valence-electron chi connectivity index (χ3n) is 2.31. The molecule has 0 unspecified atom stereocenters. The third kappa shape index (κ3) is 3.31. The van der Waals surface area contributed by atoms with Crippen LogP contribution < -0.4 is 10.6 Å². The van der Waals surface area contributed by atoms with Gasteiger partial charge in [-0.3, -0.25) is 0 Å². The van der Waals surface area contributed by atoms with Gasteiger partial charge in [0.2, 0.25) is 0 Å². The van der Waals surface area contributed by atoms with Gasteiger partial charge in [-0.2, -0.15) is 0 Å². The maximum Gasteiger partial charge on any atom is 0.136 e. The number of hydrogen-bond donors (Lipinski definition) is 2. The Morgan fingerprint density at radius 3 is 2.61 bits per heavy atom. The monoisotopic (exact) mass is 240 g/mol. The number of benzene rings is 1. The van der Waals surface area contributed by atoms with Crippen molar-refractivity contribution in [1.29, 1.82) is 0 Å². The molecule has 0 radical (unpaired) electrons. The van der Waals surface area contributed by atoms with Crippen LogP contribution in [0.4, 0.5) is 17.3 Å². The molecule has 0 fully saturated rings. The molecule has 1 aromatic heterocycles. The van der Waals surface area contributed by atoms with Gasteiger partial charge in [0.25, 0.3) is 0 Å². The standard InChI is InChI=1S/C14H16N4/c1-3-9-15-13-10-14(17-11(2)16-13)18-12-7-5-4-6-8-12/h3-8,10H,1,9H2,2H3,(H2,15,16,17,18). The number of hydrogen-bond acceptors (Lipinski definition) is 4. The topological polar surface area (TPSA) is 49.8 Å². The number of aryl methyl sites for hydroxylation is 1. The van der Waals surface area contributed by atoms with Gasteiger partial charge in [-0.15, -0.1) is 6.58 Å². The van der Waals surface area contributed by atoms with Gasteiger partial charge in [0.1, 0.15) is 17.5 Å². The summed E-state index contributed by atoms with van der Waals surface area (Å²) in [5.74, 6) is 2.29. The van der Waals surface area contributed by atoms with E-state index in [9.17, 15) is 0 Å². The smallest absolute Gasteiger partial charge is 0.136 e. The van der Waals surface area contributed by atoms with Crippen molar-refractivity contribution < 1.29 is 0 Å². The fourth-order valence-electron chi connectivity index (χ4n) is 1.57. The van der Waals surface area contributed by atoms with Crippen molar-refractivity contribution in [3.8, 4) is 0 Å². The van der Waals surface area contributed by atoms with Gasteiger partial charge in [-0.1, -0.05) is 24.3 Å². The summed E-state index contributed by atoms with van der Waals surface area (Å²) < 4.78 is 0. The molecule has 2 rings (SSSR count). The van der Waals surface area contributed by atoms with Crippen molar-refractivity contribution in [3.63, 3.8) is 0 Å². The summed E-state index contributed by atoms with van der Waals surface area (Å²) in [5, 5.41) is 6.40. The quantitative estimate of drug-likeness (QED) is 0.788. The second-order valence-corrected chi connectivity index (χ2v) is 3.85. The summed E-state index contributed by atoms with van der Waals surface area (Å²) in [6.07, 6.45) is 1.79. The van der Waals surface area contributed by atoms with Crippen LogP contribution in [0.1, 0.15) is 5.82 Å². The first-order valence-corrected chi connectivity index (χ1v) is 5.80. The number of nitrogens with zero attached hydrogens (tertiary/aromatic N) is 2. The average molecular weight is 240 g/mol. The molecule has 0 amide bonds. The van der Waals surface area contributed by atoms with Gasteiger partial charge in [0.05, 0.1) is 0 Å². The van der Waals surface area contributed by atoms with E-state index in [1.165, 1.54) is 0 Å². The van der Waals surface area contributed by atoms with Crippen LogP contribution in [0.5, 0.6) is 0 Å². The molecule has 1 heterocycles. The van der Waals surface area contributed by atoms with Gasteiger partial charge >= 0.3 is 0 Å². The molecule has 0 bridgehead atoms. The number of aromatic nitrogens is 2. The Hall–Kier alpha value is -2.36. The van der Waals surface area contributed by atoms with Crippen LogP contribution >= 0.6 is 0 Å². The summed E-state index contributed by atoms with van der Waals surface area (Å²) in [7, 11) is 0. The van der Waals surface area contributed by atoms with Crippen molar-refractivity contribution in [2.24, 2.45) is 0 Å². The summed E-state index contributed by atoms with van der Waals surface area (Å²) >= 11 is 0. The van der Waals surface area contributed by atoms with Crippen LogP contribution in [0.25, 0.3) is 0 Å². The van der Waals surface area contributed by atoms with Gasteiger partial charge in [-0.25, -0.2) is 9.97 Å². The minimum atomic E-state index is 0.682. The van der Waals surface area contributed by atoms with Crippen molar-refractivity contribution >= 4 is 17.3 Å². The van der Waals surface area contributed by atoms with E-state index in [2.05, 4.69) is 27.2 Å². The van der Waals surface area contributed by atoms with Crippen molar-refractivity contribution in [2.75, 3.05) is 17.2 Å². The lowest BCUT2D eigenvalue weighted by molar-refractivity contribution is 1.05. The van der Waals surface area contributed by atoms with Gasteiger partial charge < -0.3 is 10.6 Å². The first kappa shape index (κ1) is 12.1. The maximum atomic E-state index is 4.35. The van der Waals surface area contributed by atoms with Crippen molar-refractivity contribution in [1.82, 2.24) is 9.97 Å². The Morgan fingerprint density at radius 1 is 1.17 bits per heavy atom. The highest BCUT2D eigenvalue weighted by atomic mass is 15.1. The zero-order chi connectivity index (χ0) is 12.8. The Bertz CT molecular complexity index is 523. The Balaban J connectivity index is 2.17. The highest BCUT2D eigenvalue weighted by Gasteiger charge is 2.01. The number of nitrogens with one attached hydrogen (secondary N) is 2. The van der Waals surface area contributed by atoms with E-state index >= 15 is 0 Å². The molecule has 18 heavy (non-hydrogen) atoms. The lowest BCUT2D eigenvalue weighted by atomic mass is 10.3. The molecule has 0 saturated carbocycles. The molecule has 92 valence electrons. The molecule has 0 spiro atoms. The van der Waals surface area contributed by atoms with Crippen LogP contribution in [-0.4, -0.2) is 16.5 Å². The summed E-state index contributed by atoms with van der Waals surface area (Å²) in [6, 6.07) is 11.8. The molecular formula is C14H16N4. The first-order chi connectivity index (χ1) is 8.78. The number of para-hydroxylation sites is 1. The predicted octanol–water partition coefficient (Wildman–Crippen LogP) is 3.13. The van der Waals surface area contributed by atoms with Crippen LogP contribution in [0.3, 0.4) is 0 Å². The number of rotatable bonds is 5. The third-order valence-corrected chi connectivity index (χ3v) is 2.31. The van der Waals surface area contributed by atoms with E-state index in [1.807, 2.05) is 43.3 Å². The van der Waals surface area contributed by atoms with E-state index in [-0.39, 0.29) is 0 Å². The summed E-state index contributed by atoms with van der Waals surface area (Å²) in [5.41, 5.74) is 1.00. The SMILES string of the molecule is C=CCNc1cc(Nc2ccccc2)nc(C)n1. The predicted molar refractivity (Wildman–Crippen MR) is 75.2 cm³/mol. The minimum Gasteiger partial charge on any atom is -0.366 e. The lowest BCUT2D eigenvalue weighted by Gasteiger charge is -2.09. The zero-order valence-corrected chi connectivity index (χ0v) is 10.4. The molecule has 0 aliphatic carbocycles. The molecule has 2 N–H and O–H groups in total. The van der Waals surface area contributed by atoms with E-state index in [0.29, 0.717) is 6.54 Å². The second kappa shape index (κ2) is 5.82. The summed E-state index contributed by atoms with van der Waals surface area (Å²) in [6.45, 7) is 6.22. The molecule has 2 aromatic rings. The molecule has 1 aromatic carbocycles. The van der Waals surface area contributed by atoms with E-state index < -0.39 is 0 Å². The zero-order valence-electron chi connectivity index (χ0n) is 10.4. The van der Waals surface area contributed by atoms with E-state index in [1.54, 1.807) is 6.08 Å². The van der Waals surface area contributed by atoms with Crippen LogP contribution in [0, 0.1) is 6.92 Å². The largest absolute Gasteiger partial charge is 0.366 e. The Labute approximate surface area is 107 Å². The average Bonchev–Trinajstić information content (AvgIpc) is 2.37. The molecular weight excluding hydrogens is 224 g/mol. The fourth-order valence-corrected chi connectivity index (χ4v) is 1.57. The van der Waals surface area contributed by atoms with Crippen LogP contribution in [0.15, 0.2) is 49.1 Å². The molecule has 0 aliphatic rings. The molecule has 4 heteroatoms. The molecule has 0 saturated heterocycles. The van der Waals surface area contributed by atoms with E-state index in [0.717, 1.165) is 23.1 Å². The summed E-state index contributed by atoms with van der Waals surface area (Å²) in [4.78, 5) is 8.65. The Morgan fingerprint density at radius 2 is 1.89 bits per heavy atom. The maximum absolute atomic E-state index is 4.35. The van der Waals surface area contributed by atoms with Gasteiger partial charge in [-0.05, 0) is 19.1 Å². The highest BCUT2D eigenvalue weighted by molar-refractivity contribution is 5.59. The normalized spacial score (nSPS) is 9.83. The Kier molecular flexibility index (Phi) is 3.91. The van der Waals surface area contributed by atoms with Crippen LogP contribution in [0.2, 0.25) is 0 Å². The van der Waals surface area contributed by atoms with Crippen molar-refractivity contribution in [3.05, 3.63) is 54.9 Å². The van der Waals surface area contributed by atoms with Crippen LogP contribution in [-0.2, 0) is 0 Å². The van der Waals surface area contributed by atoms with Gasteiger partial charge in [0, 0.05) is 18.3 Å². The highest BCUT2D eigenvalue weighted by Crippen LogP contribution is 2.16.